The van der Waals surface area contributed by atoms with Crippen LogP contribution in [0.25, 0.3) is 0 Å². The molecule has 0 saturated carbocycles. The van der Waals surface area contributed by atoms with Crippen molar-refractivity contribution in [2.75, 3.05) is 0 Å². The van der Waals surface area contributed by atoms with E-state index in [0.717, 1.165) is 0 Å². The Kier molecular flexibility index (Phi) is 4.77. The molecule has 0 unspecified atom stereocenters. The normalized spacial score (nSPS) is 10.5. The highest BCUT2D eigenvalue weighted by atomic mass is 79.9. The fraction of sp³-hybridized carbons (Fsp3) is 0.143. The zero-order valence-corrected chi connectivity index (χ0v) is 12.1. The van der Waals surface area contributed by atoms with Crippen LogP contribution in [0.5, 0.6) is 5.75 Å². The van der Waals surface area contributed by atoms with Gasteiger partial charge in [-0.2, -0.15) is 0 Å². The first-order chi connectivity index (χ1) is 9.06. The van der Waals surface area contributed by atoms with Crippen molar-refractivity contribution in [3.63, 3.8) is 0 Å². The third kappa shape index (κ3) is 4.18. The van der Waals surface area contributed by atoms with E-state index >= 15 is 0 Å². The average molecular weight is 348 g/mol. The number of hydrogen-bond acceptors (Lipinski definition) is 1. The van der Waals surface area contributed by atoms with Gasteiger partial charge in [-0.15, -0.1) is 11.6 Å². The van der Waals surface area contributed by atoms with Gasteiger partial charge in [0.25, 0.3) is 0 Å². The molecule has 0 bridgehead atoms. The van der Waals surface area contributed by atoms with Gasteiger partial charge in [0.1, 0.15) is 24.0 Å². The third-order valence-corrected chi connectivity index (χ3v) is 3.18. The number of hydrogen-bond donors (Lipinski definition) is 0. The minimum atomic E-state index is -0.409. The van der Waals surface area contributed by atoms with E-state index < -0.39 is 5.82 Å². The van der Waals surface area contributed by atoms with Gasteiger partial charge in [0.05, 0.1) is 0 Å². The maximum atomic E-state index is 13.3. The van der Waals surface area contributed by atoms with Crippen LogP contribution in [0.1, 0.15) is 11.1 Å². The summed E-state index contributed by atoms with van der Waals surface area (Å²) in [5.41, 5.74) is 1.29. The highest BCUT2D eigenvalue weighted by Gasteiger charge is 2.04. The molecule has 2 rings (SSSR count). The number of halogens is 4. The SMILES string of the molecule is Fc1cc(Br)cc(COc2cc(F)cc(CCl)c2)c1. The van der Waals surface area contributed by atoms with Crippen molar-refractivity contribution in [3.05, 3.63) is 63.6 Å². The minimum Gasteiger partial charge on any atom is -0.489 e. The summed E-state index contributed by atoms with van der Waals surface area (Å²) in [5.74, 6) is -0.183. The molecule has 0 aromatic heterocycles. The molecule has 19 heavy (non-hydrogen) atoms. The molecule has 0 fully saturated rings. The highest BCUT2D eigenvalue weighted by molar-refractivity contribution is 9.10. The van der Waals surface area contributed by atoms with E-state index in [-0.39, 0.29) is 18.3 Å². The van der Waals surface area contributed by atoms with E-state index in [1.807, 2.05) is 0 Å². The van der Waals surface area contributed by atoms with Gasteiger partial charge in [0.15, 0.2) is 0 Å². The van der Waals surface area contributed by atoms with Crippen LogP contribution in [0.2, 0.25) is 0 Å². The Morgan fingerprint density at radius 3 is 2.32 bits per heavy atom. The lowest BCUT2D eigenvalue weighted by molar-refractivity contribution is 0.303. The Morgan fingerprint density at radius 2 is 1.63 bits per heavy atom. The molecule has 0 N–H and O–H groups in total. The van der Waals surface area contributed by atoms with Gasteiger partial charge in [-0.3, -0.25) is 0 Å². The lowest BCUT2D eigenvalue weighted by atomic mass is 10.2. The topological polar surface area (TPSA) is 9.23 Å². The van der Waals surface area contributed by atoms with Crippen molar-refractivity contribution >= 4 is 27.5 Å². The predicted octanol–water partition coefficient (Wildman–Crippen LogP) is 5.05. The first-order valence-corrected chi connectivity index (χ1v) is 6.83. The van der Waals surface area contributed by atoms with E-state index in [2.05, 4.69) is 15.9 Å². The highest BCUT2D eigenvalue weighted by Crippen LogP contribution is 2.20. The molecule has 0 aliphatic carbocycles. The van der Waals surface area contributed by atoms with Crippen LogP contribution in [-0.2, 0) is 12.5 Å². The monoisotopic (exact) mass is 346 g/mol. The molecular formula is C14H10BrClF2O. The summed E-state index contributed by atoms with van der Waals surface area (Å²) >= 11 is 8.85. The summed E-state index contributed by atoms with van der Waals surface area (Å²) in [6.07, 6.45) is 0. The first kappa shape index (κ1) is 14.3. The molecular weight excluding hydrogens is 338 g/mol. The van der Waals surface area contributed by atoms with Gasteiger partial charge < -0.3 is 4.74 Å². The first-order valence-electron chi connectivity index (χ1n) is 5.50. The molecule has 0 aliphatic heterocycles. The Bertz CT molecular complexity index is 569. The number of rotatable bonds is 4. The molecule has 2 aromatic rings. The van der Waals surface area contributed by atoms with Crippen LogP contribution in [0.15, 0.2) is 40.9 Å². The van der Waals surface area contributed by atoms with Gasteiger partial charge >= 0.3 is 0 Å². The molecule has 0 spiro atoms. The van der Waals surface area contributed by atoms with Gasteiger partial charge in [-0.05, 0) is 41.5 Å². The third-order valence-electron chi connectivity index (χ3n) is 2.41. The lowest BCUT2D eigenvalue weighted by Gasteiger charge is -2.08. The quantitative estimate of drug-likeness (QED) is 0.704. The zero-order valence-electron chi connectivity index (χ0n) is 9.80. The lowest BCUT2D eigenvalue weighted by Crippen LogP contribution is -1.97. The van der Waals surface area contributed by atoms with Crippen LogP contribution in [-0.4, -0.2) is 0 Å². The fourth-order valence-electron chi connectivity index (χ4n) is 1.64. The van der Waals surface area contributed by atoms with Gasteiger partial charge in [0, 0.05) is 16.4 Å². The summed E-state index contributed by atoms with van der Waals surface area (Å²) in [6, 6.07) is 8.74. The van der Waals surface area contributed by atoms with Crippen LogP contribution in [0, 0.1) is 11.6 Å². The van der Waals surface area contributed by atoms with Crippen molar-refractivity contribution in [1.29, 1.82) is 0 Å². The number of benzene rings is 2. The molecule has 0 aliphatic rings. The minimum absolute atomic E-state index is 0.154. The average Bonchev–Trinajstić information content (AvgIpc) is 2.34. The summed E-state index contributed by atoms with van der Waals surface area (Å²) in [4.78, 5) is 0. The second-order valence-electron chi connectivity index (χ2n) is 4.00. The smallest absolute Gasteiger partial charge is 0.127 e. The summed E-state index contributed by atoms with van der Waals surface area (Å²) in [5, 5.41) is 0. The Morgan fingerprint density at radius 1 is 0.947 bits per heavy atom. The van der Waals surface area contributed by atoms with Crippen LogP contribution >= 0.6 is 27.5 Å². The van der Waals surface area contributed by atoms with Crippen LogP contribution < -0.4 is 4.74 Å². The molecule has 0 atom stereocenters. The van der Waals surface area contributed by atoms with E-state index in [1.54, 1.807) is 12.1 Å². The van der Waals surface area contributed by atoms with Crippen molar-refractivity contribution in [1.82, 2.24) is 0 Å². The van der Waals surface area contributed by atoms with E-state index in [1.165, 1.54) is 24.3 Å². The second kappa shape index (κ2) is 6.35. The molecule has 0 amide bonds. The van der Waals surface area contributed by atoms with Crippen LogP contribution in [0.4, 0.5) is 8.78 Å². The van der Waals surface area contributed by atoms with Gasteiger partial charge in [0.2, 0.25) is 0 Å². The van der Waals surface area contributed by atoms with Gasteiger partial charge in [-0.25, -0.2) is 8.78 Å². The van der Waals surface area contributed by atoms with Crippen molar-refractivity contribution in [2.24, 2.45) is 0 Å². The van der Waals surface area contributed by atoms with E-state index in [4.69, 9.17) is 16.3 Å². The molecule has 100 valence electrons. The van der Waals surface area contributed by atoms with Crippen molar-refractivity contribution in [3.8, 4) is 5.75 Å². The Hall–Kier alpha value is -1.13. The molecule has 0 radical (unpaired) electrons. The van der Waals surface area contributed by atoms with Crippen molar-refractivity contribution < 1.29 is 13.5 Å². The number of ether oxygens (including phenoxy) is 1. The Labute approximate surface area is 123 Å². The maximum Gasteiger partial charge on any atom is 0.127 e. The fourth-order valence-corrected chi connectivity index (χ4v) is 2.31. The summed E-state index contributed by atoms with van der Waals surface area (Å²) in [7, 11) is 0. The van der Waals surface area contributed by atoms with Crippen molar-refractivity contribution in [2.45, 2.75) is 12.5 Å². The maximum absolute atomic E-state index is 13.3. The standard InChI is InChI=1S/C14H10BrClF2O/c15-11-1-10(3-12(17)5-11)8-19-14-4-9(7-16)2-13(18)6-14/h1-6H,7-8H2. The van der Waals surface area contributed by atoms with Crippen LogP contribution in [0.3, 0.4) is 0 Å². The molecule has 0 saturated heterocycles. The largest absolute Gasteiger partial charge is 0.489 e. The van der Waals surface area contributed by atoms with Gasteiger partial charge in [-0.1, -0.05) is 15.9 Å². The number of alkyl halides is 1. The Balaban J connectivity index is 2.11. The molecule has 2 aromatic carbocycles. The van der Waals surface area contributed by atoms with E-state index in [9.17, 15) is 8.78 Å². The summed E-state index contributed by atoms with van der Waals surface area (Å²) in [6.45, 7) is 0.154. The second-order valence-corrected chi connectivity index (χ2v) is 5.18. The molecule has 1 nitrogen and oxygen atoms in total. The van der Waals surface area contributed by atoms with E-state index in [0.29, 0.717) is 21.3 Å². The predicted molar refractivity (Wildman–Crippen MR) is 74.4 cm³/mol. The molecule has 5 heteroatoms. The molecule has 0 heterocycles. The summed E-state index contributed by atoms with van der Waals surface area (Å²) < 4.78 is 32.5. The zero-order chi connectivity index (χ0) is 13.8.